The Morgan fingerprint density at radius 2 is 2.04 bits per heavy atom. The van der Waals surface area contributed by atoms with Crippen LogP contribution in [0.4, 0.5) is 0 Å². The molecule has 0 aliphatic rings. The molecule has 4 nitrogen and oxygen atoms in total. The van der Waals surface area contributed by atoms with Gasteiger partial charge in [0, 0.05) is 17.1 Å². The van der Waals surface area contributed by atoms with E-state index < -0.39 is 0 Å². The number of carbonyl (C=O) groups excluding carboxylic acids is 1. The van der Waals surface area contributed by atoms with Crippen molar-refractivity contribution in [2.24, 2.45) is 0 Å². The minimum Gasteiger partial charge on any atom is -0.302 e. The van der Waals surface area contributed by atoms with Crippen molar-refractivity contribution in [1.82, 2.24) is 14.8 Å². The third-order valence-electron chi connectivity index (χ3n) is 3.55. The SMILES string of the molecule is CCn1c(S[C@@H](C)C(=O)c2ccc(Cl)cc2)nnc1-c1cccs1. The lowest BCUT2D eigenvalue weighted by atomic mass is 10.1. The van der Waals surface area contributed by atoms with Crippen LogP contribution < -0.4 is 0 Å². The van der Waals surface area contributed by atoms with Gasteiger partial charge in [-0.2, -0.15) is 0 Å². The van der Waals surface area contributed by atoms with Gasteiger partial charge in [0.25, 0.3) is 0 Å². The van der Waals surface area contributed by atoms with Crippen LogP contribution in [0.25, 0.3) is 10.7 Å². The fourth-order valence-electron chi connectivity index (χ4n) is 2.31. The fraction of sp³-hybridized carbons (Fsp3) is 0.235. The second-order valence-corrected chi connectivity index (χ2v) is 7.85. The lowest BCUT2D eigenvalue weighted by Crippen LogP contribution is -2.14. The number of benzene rings is 1. The molecule has 0 fully saturated rings. The highest BCUT2D eigenvalue weighted by Crippen LogP contribution is 2.30. The van der Waals surface area contributed by atoms with E-state index >= 15 is 0 Å². The zero-order chi connectivity index (χ0) is 17.1. The summed E-state index contributed by atoms with van der Waals surface area (Å²) >= 11 is 8.94. The molecular weight excluding hydrogens is 362 g/mol. The second kappa shape index (κ2) is 7.51. The number of hydrogen-bond donors (Lipinski definition) is 0. The molecule has 0 radical (unpaired) electrons. The van der Waals surface area contributed by atoms with Crippen LogP contribution in [0.2, 0.25) is 5.02 Å². The number of thioether (sulfide) groups is 1. The van der Waals surface area contributed by atoms with E-state index in [0.29, 0.717) is 10.6 Å². The van der Waals surface area contributed by atoms with E-state index in [0.717, 1.165) is 22.4 Å². The van der Waals surface area contributed by atoms with E-state index in [9.17, 15) is 4.79 Å². The largest absolute Gasteiger partial charge is 0.302 e. The molecule has 0 bridgehead atoms. The van der Waals surface area contributed by atoms with Crippen LogP contribution in [0.5, 0.6) is 0 Å². The molecule has 1 atom stereocenters. The Labute approximate surface area is 153 Å². The summed E-state index contributed by atoms with van der Waals surface area (Å²) in [5, 5.41) is 11.7. The Bertz CT molecular complexity index is 828. The highest BCUT2D eigenvalue weighted by molar-refractivity contribution is 8.00. The van der Waals surface area contributed by atoms with E-state index in [-0.39, 0.29) is 11.0 Å². The van der Waals surface area contributed by atoms with Crippen LogP contribution in [0.1, 0.15) is 24.2 Å². The van der Waals surface area contributed by atoms with Crippen LogP contribution in [0.3, 0.4) is 0 Å². The summed E-state index contributed by atoms with van der Waals surface area (Å²) in [5.41, 5.74) is 0.653. The van der Waals surface area contributed by atoms with Crippen LogP contribution in [-0.2, 0) is 6.54 Å². The van der Waals surface area contributed by atoms with Crippen molar-refractivity contribution in [3.63, 3.8) is 0 Å². The van der Waals surface area contributed by atoms with Crippen molar-refractivity contribution in [3.05, 3.63) is 52.4 Å². The van der Waals surface area contributed by atoms with Crippen molar-refractivity contribution in [3.8, 4) is 10.7 Å². The molecule has 1 aromatic carbocycles. The standard InChI is InChI=1S/C17H16ClN3OS2/c1-3-21-16(14-5-4-10-23-14)19-20-17(21)24-11(2)15(22)12-6-8-13(18)9-7-12/h4-11H,3H2,1-2H3/t11-/m0/s1. The van der Waals surface area contributed by atoms with Crippen molar-refractivity contribution in [2.45, 2.75) is 30.8 Å². The molecule has 0 unspecified atom stereocenters. The van der Waals surface area contributed by atoms with Crippen molar-refractivity contribution in [1.29, 1.82) is 0 Å². The van der Waals surface area contributed by atoms with Crippen LogP contribution in [0.15, 0.2) is 46.9 Å². The molecule has 124 valence electrons. The van der Waals surface area contributed by atoms with Gasteiger partial charge in [-0.15, -0.1) is 21.5 Å². The molecule has 3 rings (SSSR count). The summed E-state index contributed by atoms with van der Waals surface area (Å²) in [4.78, 5) is 13.7. The average Bonchev–Trinajstić information content (AvgIpc) is 3.23. The topological polar surface area (TPSA) is 47.8 Å². The third kappa shape index (κ3) is 3.55. The molecule has 0 aliphatic carbocycles. The lowest BCUT2D eigenvalue weighted by molar-refractivity contribution is 0.0994. The Balaban J connectivity index is 1.80. The number of nitrogens with zero attached hydrogens (tertiary/aromatic N) is 3. The van der Waals surface area contributed by atoms with E-state index in [1.165, 1.54) is 11.8 Å². The number of rotatable bonds is 6. The third-order valence-corrected chi connectivity index (χ3v) is 5.75. The maximum atomic E-state index is 12.6. The predicted molar refractivity (Wildman–Crippen MR) is 100 cm³/mol. The van der Waals surface area contributed by atoms with Crippen LogP contribution >= 0.6 is 34.7 Å². The summed E-state index contributed by atoms with van der Waals surface area (Å²) in [7, 11) is 0. The van der Waals surface area contributed by atoms with Gasteiger partial charge in [0.15, 0.2) is 16.8 Å². The van der Waals surface area contributed by atoms with Gasteiger partial charge in [-0.1, -0.05) is 29.4 Å². The minimum absolute atomic E-state index is 0.0555. The summed E-state index contributed by atoms with van der Waals surface area (Å²) < 4.78 is 2.04. The molecule has 24 heavy (non-hydrogen) atoms. The average molecular weight is 378 g/mol. The summed E-state index contributed by atoms with van der Waals surface area (Å²) in [5.74, 6) is 0.904. The van der Waals surface area contributed by atoms with Gasteiger partial charge in [0.1, 0.15) is 0 Å². The molecule has 2 aromatic heterocycles. The zero-order valence-corrected chi connectivity index (χ0v) is 15.7. The molecule has 0 amide bonds. The minimum atomic E-state index is -0.253. The number of thiophene rings is 1. The Morgan fingerprint density at radius 1 is 1.29 bits per heavy atom. The highest BCUT2D eigenvalue weighted by Gasteiger charge is 2.21. The number of carbonyl (C=O) groups is 1. The Morgan fingerprint density at radius 3 is 2.67 bits per heavy atom. The second-order valence-electron chi connectivity index (χ2n) is 5.16. The first-order chi connectivity index (χ1) is 11.6. The van der Waals surface area contributed by atoms with Gasteiger partial charge in [-0.05, 0) is 49.6 Å². The van der Waals surface area contributed by atoms with Gasteiger partial charge in [-0.3, -0.25) is 4.79 Å². The maximum Gasteiger partial charge on any atom is 0.192 e. The van der Waals surface area contributed by atoms with E-state index in [2.05, 4.69) is 17.1 Å². The number of hydrogen-bond acceptors (Lipinski definition) is 5. The summed E-state index contributed by atoms with van der Waals surface area (Å²) in [6.45, 7) is 4.70. The van der Waals surface area contributed by atoms with Gasteiger partial charge in [0.05, 0.1) is 10.1 Å². The molecule has 0 N–H and O–H groups in total. The molecule has 0 saturated heterocycles. The number of ketones is 1. The first-order valence-electron chi connectivity index (χ1n) is 7.53. The van der Waals surface area contributed by atoms with Gasteiger partial charge in [-0.25, -0.2) is 0 Å². The Kier molecular flexibility index (Phi) is 5.38. The normalized spacial score (nSPS) is 12.3. The molecule has 7 heteroatoms. The van der Waals surface area contributed by atoms with E-state index in [4.69, 9.17) is 11.6 Å². The zero-order valence-electron chi connectivity index (χ0n) is 13.3. The molecular formula is C17H16ClN3OS2. The van der Waals surface area contributed by atoms with Gasteiger partial charge in [0.2, 0.25) is 0 Å². The highest BCUT2D eigenvalue weighted by atomic mass is 35.5. The first-order valence-corrected chi connectivity index (χ1v) is 9.67. The first kappa shape index (κ1) is 17.2. The molecule has 0 spiro atoms. The lowest BCUT2D eigenvalue weighted by Gasteiger charge is -2.11. The van der Waals surface area contributed by atoms with E-state index in [1.807, 2.05) is 29.0 Å². The molecule has 0 aliphatic heterocycles. The predicted octanol–water partition coefficient (Wildman–Crippen LogP) is 5.04. The van der Waals surface area contributed by atoms with Gasteiger partial charge < -0.3 is 4.57 Å². The van der Waals surface area contributed by atoms with Crippen molar-refractivity contribution < 1.29 is 4.79 Å². The van der Waals surface area contributed by atoms with Gasteiger partial charge >= 0.3 is 0 Å². The quantitative estimate of drug-likeness (QED) is 0.445. The van der Waals surface area contributed by atoms with Crippen LogP contribution in [0, 0.1) is 0 Å². The summed E-state index contributed by atoms with van der Waals surface area (Å²) in [6.07, 6.45) is 0. The Hall–Kier alpha value is -1.63. The van der Waals surface area contributed by atoms with Crippen molar-refractivity contribution in [2.75, 3.05) is 0 Å². The smallest absolute Gasteiger partial charge is 0.192 e. The maximum absolute atomic E-state index is 12.6. The molecule has 0 saturated carbocycles. The molecule has 2 heterocycles. The van der Waals surface area contributed by atoms with Crippen LogP contribution in [-0.4, -0.2) is 25.8 Å². The monoisotopic (exact) mass is 377 g/mol. The fourth-order valence-corrected chi connectivity index (χ4v) is 4.14. The molecule has 3 aromatic rings. The summed E-state index contributed by atoms with van der Waals surface area (Å²) in [6, 6.07) is 11.0. The number of aromatic nitrogens is 3. The van der Waals surface area contributed by atoms with E-state index in [1.54, 1.807) is 35.6 Å². The number of Topliss-reactive ketones (excluding diaryl/α,β-unsaturated/α-hetero) is 1. The number of halogens is 1. The van der Waals surface area contributed by atoms with Crippen molar-refractivity contribution >= 4 is 40.5 Å².